The zero-order valence-electron chi connectivity index (χ0n) is 16.1. The highest BCUT2D eigenvalue weighted by Crippen LogP contribution is 2.24. The number of benzene rings is 1. The van der Waals surface area contributed by atoms with Crippen LogP contribution in [0.4, 0.5) is 5.69 Å². The predicted molar refractivity (Wildman–Crippen MR) is 102 cm³/mol. The minimum atomic E-state index is -3.67. The smallest absolute Gasteiger partial charge is 0.247 e. The van der Waals surface area contributed by atoms with E-state index in [9.17, 15) is 18.0 Å². The first kappa shape index (κ1) is 21.3. The van der Waals surface area contributed by atoms with E-state index in [4.69, 9.17) is 4.74 Å². The van der Waals surface area contributed by atoms with Crippen LogP contribution in [-0.2, 0) is 24.3 Å². The van der Waals surface area contributed by atoms with Gasteiger partial charge in [-0.05, 0) is 30.5 Å². The number of rotatable bonds is 6. The van der Waals surface area contributed by atoms with Crippen molar-refractivity contribution < 1.29 is 22.7 Å². The summed E-state index contributed by atoms with van der Waals surface area (Å²) in [5, 5.41) is 5.33. The number of nitrogens with one attached hydrogen (secondary N) is 2. The number of carbonyl (C=O) groups is 2. The quantitative estimate of drug-likeness (QED) is 0.748. The van der Waals surface area contributed by atoms with Crippen LogP contribution in [0.2, 0.25) is 0 Å². The Kier molecular flexibility index (Phi) is 6.96. The maximum absolute atomic E-state index is 12.9. The molecule has 0 bridgehead atoms. The maximum atomic E-state index is 12.9. The van der Waals surface area contributed by atoms with Crippen molar-refractivity contribution in [2.45, 2.75) is 38.6 Å². The summed E-state index contributed by atoms with van der Waals surface area (Å²) in [5.74, 6) is -0.807. The molecule has 2 amide bonds. The van der Waals surface area contributed by atoms with Crippen molar-refractivity contribution in [3.63, 3.8) is 0 Å². The van der Waals surface area contributed by atoms with Gasteiger partial charge in [0.2, 0.25) is 21.8 Å². The normalized spacial score (nSPS) is 16.8. The van der Waals surface area contributed by atoms with Gasteiger partial charge in [-0.3, -0.25) is 9.59 Å². The van der Waals surface area contributed by atoms with Gasteiger partial charge < -0.3 is 15.4 Å². The van der Waals surface area contributed by atoms with E-state index < -0.39 is 22.0 Å². The molecule has 27 heavy (non-hydrogen) atoms. The van der Waals surface area contributed by atoms with Gasteiger partial charge in [0.25, 0.3) is 0 Å². The van der Waals surface area contributed by atoms with E-state index in [-0.39, 0.29) is 16.7 Å². The van der Waals surface area contributed by atoms with Gasteiger partial charge in [0.1, 0.15) is 6.04 Å². The van der Waals surface area contributed by atoms with Crippen LogP contribution in [0, 0.1) is 12.8 Å². The molecule has 1 fully saturated rings. The topological polar surface area (TPSA) is 105 Å². The first-order chi connectivity index (χ1) is 12.6. The maximum Gasteiger partial charge on any atom is 0.247 e. The van der Waals surface area contributed by atoms with Crippen LogP contribution in [0.15, 0.2) is 23.1 Å². The molecule has 150 valence electrons. The summed E-state index contributed by atoms with van der Waals surface area (Å²) in [6.45, 7) is 8.04. The van der Waals surface area contributed by atoms with Crippen LogP contribution < -0.4 is 10.6 Å². The Bertz CT molecular complexity index is 801. The number of aryl methyl sites for hydroxylation is 1. The SMILES string of the molecule is CC(=O)N[C@H](C(=O)Nc1ccc(C)c(S(=O)(=O)N2CCOCC2)c1)C(C)C. The molecule has 9 heteroatoms. The van der Waals surface area contributed by atoms with Gasteiger partial charge in [-0.25, -0.2) is 8.42 Å². The van der Waals surface area contributed by atoms with E-state index >= 15 is 0 Å². The first-order valence-electron chi connectivity index (χ1n) is 8.89. The fourth-order valence-corrected chi connectivity index (χ4v) is 4.51. The number of hydrogen-bond donors (Lipinski definition) is 2. The molecule has 1 atom stereocenters. The number of hydrogen-bond acceptors (Lipinski definition) is 5. The monoisotopic (exact) mass is 397 g/mol. The van der Waals surface area contributed by atoms with Gasteiger partial charge in [-0.15, -0.1) is 0 Å². The highest BCUT2D eigenvalue weighted by molar-refractivity contribution is 7.89. The van der Waals surface area contributed by atoms with E-state index in [2.05, 4.69) is 10.6 Å². The molecule has 0 unspecified atom stereocenters. The molecule has 1 aromatic carbocycles. The molecule has 0 saturated carbocycles. The third-order valence-corrected chi connectivity index (χ3v) is 6.39. The lowest BCUT2D eigenvalue weighted by Gasteiger charge is -2.27. The largest absolute Gasteiger partial charge is 0.379 e. The molecule has 1 heterocycles. The average molecular weight is 397 g/mol. The number of carbonyl (C=O) groups excluding carboxylic acids is 2. The van der Waals surface area contributed by atoms with E-state index in [0.29, 0.717) is 37.6 Å². The van der Waals surface area contributed by atoms with Crippen molar-refractivity contribution in [3.05, 3.63) is 23.8 Å². The average Bonchev–Trinajstić information content (AvgIpc) is 2.61. The second-order valence-electron chi connectivity index (χ2n) is 6.91. The molecule has 1 saturated heterocycles. The predicted octanol–water partition coefficient (Wildman–Crippen LogP) is 1.12. The van der Waals surface area contributed by atoms with Crippen molar-refractivity contribution in [3.8, 4) is 0 Å². The van der Waals surface area contributed by atoms with Gasteiger partial charge in [-0.1, -0.05) is 19.9 Å². The third kappa shape index (κ3) is 5.27. The summed E-state index contributed by atoms with van der Waals surface area (Å²) in [4.78, 5) is 24.0. The van der Waals surface area contributed by atoms with Crippen LogP contribution in [0.3, 0.4) is 0 Å². The Balaban J connectivity index is 2.26. The zero-order chi connectivity index (χ0) is 20.2. The van der Waals surface area contributed by atoms with E-state index in [0.717, 1.165) is 0 Å². The molecule has 0 spiro atoms. The molecule has 0 aliphatic carbocycles. The highest BCUT2D eigenvalue weighted by atomic mass is 32.2. The Morgan fingerprint density at radius 1 is 1.19 bits per heavy atom. The van der Waals surface area contributed by atoms with Gasteiger partial charge in [0.05, 0.1) is 18.1 Å². The van der Waals surface area contributed by atoms with Crippen molar-refractivity contribution in [1.82, 2.24) is 9.62 Å². The summed E-state index contributed by atoms with van der Waals surface area (Å²) >= 11 is 0. The van der Waals surface area contributed by atoms with Crippen molar-refractivity contribution in [2.24, 2.45) is 5.92 Å². The van der Waals surface area contributed by atoms with Crippen molar-refractivity contribution in [1.29, 1.82) is 0 Å². The van der Waals surface area contributed by atoms with Gasteiger partial charge >= 0.3 is 0 Å². The second-order valence-corrected chi connectivity index (χ2v) is 8.81. The molecule has 0 radical (unpaired) electrons. The van der Waals surface area contributed by atoms with Crippen LogP contribution in [0.25, 0.3) is 0 Å². The lowest BCUT2D eigenvalue weighted by atomic mass is 10.0. The van der Waals surface area contributed by atoms with Crippen LogP contribution >= 0.6 is 0 Å². The Hall–Kier alpha value is -1.97. The second kappa shape index (κ2) is 8.81. The molecular weight excluding hydrogens is 370 g/mol. The fraction of sp³-hybridized carbons (Fsp3) is 0.556. The van der Waals surface area contributed by atoms with E-state index in [1.54, 1.807) is 19.1 Å². The number of ether oxygens (including phenoxy) is 1. The first-order valence-corrected chi connectivity index (χ1v) is 10.3. The fourth-order valence-electron chi connectivity index (χ4n) is 2.86. The summed E-state index contributed by atoms with van der Waals surface area (Å²) in [6.07, 6.45) is 0. The molecule has 2 rings (SSSR count). The number of anilines is 1. The Morgan fingerprint density at radius 3 is 2.37 bits per heavy atom. The lowest BCUT2D eigenvalue weighted by molar-refractivity contribution is -0.126. The van der Waals surface area contributed by atoms with Crippen molar-refractivity contribution >= 4 is 27.5 Å². The molecule has 0 aromatic heterocycles. The number of morpholine rings is 1. The molecule has 1 aromatic rings. The van der Waals surface area contributed by atoms with E-state index in [1.165, 1.54) is 17.3 Å². The van der Waals surface area contributed by atoms with Gasteiger partial charge in [0.15, 0.2) is 0 Å². The summed E-state index contributed by atoms with van der Waals surface area (Å²) < 4.78 is 32.5. The molecule has 1 aliphatic rings. The summed E-state index contributed by atoms with van der Waals surface area (Å²) in [6, 6.07) is 4.06. The summed E-state index contributed by atoms with van der Waals surface area (Å²) in [5.41, 5.74) is 0.968. The molecule has 1 aliphatic heterocycles. The number of sulfonamides is 1. The van der Waals surface area contributed by atoms with Crippen LogP contribution in [-0.4, -0.2) is 56.9 Å². The van der Waals surface area contributed by atoms with E-state index in [1.807, 2.05) is 13.8 Å². The van der Waals surface area contributed by atoms with Crippen LogP contribution in [0.5, 0.6) is 0 Å². The Labute approximate surface area is 160 Å². The highest BCUT2D eigenvalue weighted by Gasteiger charge is 2.29. The zero-order valence-corrected chi connectivity index (χ0v) is 16.9. The van der Waals surface area contributed by atoms with Crippen LogP contribution in [0.1, 0.15) is 26.3 Å². The molecular formula is C18H27N3O5S. The van der Waals surface area contributed by atoms with Gasteiger partial charge in [-0.2, -0.15) is 4.31 Å². The minimum absolute atomic E-state index is 0.115. The number of nitrogens with zero attached hydrogens (tertiary/aromatic N) is 1. The third-order valence-electron chi connectivity index (χ3n) is 4.35. The summed E-state index contributed by atoms with van der Waals surface area (Å²) in [7, 11) is -3.67. The molecule has 2 N–H and O–H groups in total. The standard InChI is InChI=1S/C18H27N3O5S/c1-12(2)17(19-14(4)22)18(23)20-15-6-5-13(3)16(11-15)27(24,25)21-7-9-26-10-8-21/h5-6,11-12,17H,7-10H2,1-4H3,(H,19,22)(H,20,23)/t17-/m0/s1. The van der Waals surface area contributed by atoms with Gasteiger partial charge in [0, 0.05) is 25.7 Å². The minimum Gasteiger partial charge on any atom is -0.379 e. The molecule has 8 nitrogen and oxygen atoms in total. The van der Waals surface area contributed by atoms with Crippen molar-refractivity contribution in [2.75, 3.05) is 31.6 Å². The lowest BCUT2D eigenvalue weighted by Crippen LogP contribution is -2.46. The number of amides is 2. The Morgan fingerprint density at radius 2 is 1.81 bits per heavy atom.